The predicted molar refractivity (Wildman–Crippen MR) is 101 cm³/mol. The van der Waals surface area contributed by atoms with E-state index in [1.807, 2.05) is 38.1 Å². The smallest absolute Gasteiger partial charge is 0.0705 e. The van der Waals surface area contributed by atoms with Crippen molar-refractivity contribution in [1.82, 2.24) is 19.3 Å². The van der Waals surface area contributed by atoms with E-state index >= 15 is 0 Å². The maximum absolute atomic E-state index is 4.83. The van der Waals surface area contributed by atoms with Gasteiger partial charge in [-0.05, 0) is 36.2 Å². The number of nitrogens with zero attached hydrogens (tertiary/aromatic N) is 4. The highest BCUT2D eigenvalue weighted by atomic mass is 15.2. The van der Waals surface area contributed by atoms with E-state index in [0.717, 1.165) is 28.1 Å². The van der Waals surface area contributed by atoms with Crippen LogP contribution >= 0.6 is 0 Å². The molecule has 0 saturated carbocycles. The van der Waals surface area contributed by atoms with Crippen LogP contribution in [0.4, 0.5) is 0 Å². The van der Waals surface area contributed by atoms with Gasteiger partial charge in [-0.2, -0.15) is 5.10 Å². The highest BCUT2D eigenvalue weighted by Gasteiger charge is 2.09. The fourth-order valence-electron chi connectivity index (χ4n) is 3.12. The number of hydrogen-bond donors (Lipinski definition) is 0. The van der Waals surface area contributed by atoms with E-state index in [-0.39, 0.29) is 0 Å². The summed E-state index contributed by atoms with van der Waals surface area (Å²) in [5.41, 5.74) is 7.76. The normalized spacial score (nSPS) is 11.0. The first-order valence-electron chi connectivity index (χ1n) is 8.29. The molecule has 4 rings (SSSR count). The lowest BCUT2D eigenvalue weighted by molar-refractivity contribution is 0.768. The molecule has 0 N–H and O–H groups in total. The van der Waals surface area contributed by atoms with Crippen molar-refractivity contribution in [3.8, 4) is 33.5 Å². The van der Waals surface area contributed by atoms with Crippen molar-refractivity contribution in [3.63, 3.8) is 0 Å². The summed E-state index contributed by atoms with van der Waals surface area (Å²) in [4.78, 5) is 4.83. The molecule has 4 nitrogen and oxygen atoms in total. The molecule has 0 bridgehead atoms. The summed E-state index contributed by atoms with van der Waals surface area (Å²) in [7, 11) is 3.96. The van der Waals surface area contributed by atoms with Gasteiger partial charge in [0.05, 0.1) is 11.9 Å². The van der Waals surface area contributed by atoms with Crippen LogP contribution in [0.3, 0.4) is 0 Å². The summed E-state index contributed by atoms with van der Waals surface area (Å²) >= 11 is 0. The molecule has 0 fully saturated rings. The molecule has 0 radical (unpaired) electrons. The Bertz CT molecular complexity index is 1040. The van der Waals surface area contributed by atoms with Crippen LogP contribution in [0.1, 0.15) is 5.69 Å². The average molecular weight is 328 g/mol. The molecule has 4 aromatic rings. The lowest BCUT2D eigenvalue weighted by Crippen LogP contribution is -1.91. The number of pyridine rings is 1. The molecule has 0 unspecified atom stereocenters. The molecule has 0 aliphatic rings. The SMILES string of the molecule is Cc1nc(-c2cccc(-c3ccn(C)c3)c2)ccc1-c1cnn(C)c1. The Balaban J connectivity index is 1.72. The van der Waals surface area contributed by atoms with Crippen LogP contribution in [0.5, 0.6) is 0 Å². The van der Waals surface area contributed by atoms with Crippen LogP contribution < -0.4 is 0 Å². The fourth-order valence-corrected chi connectivity index (χ4v) is 3.12. The molecule has 124 valence electrons. The van der Waals surface area contributed by atoms with Gasteiger partial charge in [-0.25, -0.2) is 0 Å². The molecule has 3 aromatic heterocycles. The van der Waals surface area contributed by atoms with Crippen molar-refractivity contribution in [1.29, 1.82) is 0 Å². The van der Waals surface area contributed by atoms with Crippen LogP contribution in [-0.4, -0.2) is 19.3 Å². The molecule has 25 heavy (non-hydrogen) atoms. The standard InChI is InChI=1S/C21H20N4/c1-15-20(19-12-22-25(3)14-19)7-8-21(23-15)17-6-4-5-16(11-17)18-9-10-24(2)13-18/h4-14H,1-3H3. The number of benzene rings is 1. The van der Waals surface area contributed by atoms with E-state index in [4.69, 9.17) is 4.98 Å². The Morgan fingerprint density at radius 1 is 0.840 bits per heavy atom. The quantitative estimate of drug-likeness (QED) is 0.556. The Labute approximate surface area is 147 Å². The van der Waals surface area contributed by atoms with Gasteiger partial charge >= 0.3 is 0 Å². The van der Waals surface area contributed by atoms with Crippen molar-refractivity contribution in [2.45, 2.75) is 6.92 Å². The van der Waals surface area contributed by atoms with Gasteiger partial charge in [0.1, 0.15) is 0 Å². The zero-order valence-corrected chi connectivity index (χ0v) is 14.6. The number of aryl methyl sites for hydroxylation is 3. The average Bonchev–Trinajstić information content (AvgIpc) is 3.23. The summed E-state index contributed by atoms with van der Waals surface area (Å²) in [5.74, 6) is 0. The molecule has 3 heterocycles. The first-order valence-corrected chi connectivity index (χ1v) is 8.29. The molecular weight excluding hydrogens is 308 g/mol. The maximum atomic E-state index is 4.83. The minimum Gasteiger partial charge on any atom is -0.357 e. The fraction of sp³-hybridized carbons (Fsp3) is 0.143. The predicted octanol–water partition coefficient (Wildman–Crippen LogP) is 4.46. The number of rotatable bonds is 3. The molecule has 0 amide bonds. The monoisotopic (exact) mass is 328 g/mol. The lowest BCUT2D eigenvalue weighted by Gasteiger charge is -2.08. The van der Waals surface area contributed by atoms with Crippen molar-refractivity contribution >= 4 is 0 Å². The van der Waals surface area contributed by atoms with Crippen molar-refractivity contribution in [3.05, 3.63) is 72.9 Å². The second-order valence-electron chi connectivity index (χ2n) is 6.38. The molecule has 1 aromatic carbocycles. The summed E-state index contributed by atoms with van der Waals surface area (Å²) in [6, 6.07) is 14.9. The summed E-state index contributed by atoms with van der Waals surface area (Å²) in [6.07, 6.45) is 8.08. The van der Waals surface area contributed by atoms with E-state index in [1.54, 1.807) is 0 Å². The minimum absolute atomic E-state index is 0.989. The second-order valence-corrected chi connectivity index (χ2v) is 6.38. The summed E-state index contributed by atoms with van der Waals surface area (Å²) in [6.45, 7) is 2.05. The zero-order valence-electron chi connectivity index (χ0n) is 14.6. The third-order valence-corrected chi connectivity index (χ3v) is 4.43. The third-order valence-electron chi connectivity index (χ3n) is 4.43. The first-order chi connectivity index (χ1) is 12.1. The number of aromatic nitrogens is 4. The Morgan fingerprint density at radius 2 is 1.68 bits per heavy atom. The van der Waals surface area contributed by atoms with Crippen LogP contribution in [0.2, 0.25) is 0 Å². The van der Waals surface area contributed by atoms with Crippen molar-refractivity contribution < 1.29 is 0 Å². The second kappa shape index (κ2) is 6.06. The largest absolute Gasteiger partial charge is 0.357 e. The Hall–Kier alpha value is -3.14. The van der Waals surface area contributed by atoms with Crippen LogP contribution in [0.15, 0.2) is 67.3 Å². The highest BCUT2D eigenvalue weighted by molar-refractivity contribution is 5.73. The van der Waals surface area contributed by atoms with E-state index in [2.05, 4.69) is 64.5 Å². The van der Waals surface area contributed by atoms with E-state index in [1.165, 1.54) is 11.1 Å². The van der Waals surface area contributed by atoms with Crippen molar-refractivity contribution in [2.24, 2.45) is 14.1 Å². The van der Waals surface area contributed by atoms with Gasteiger partial charge in [0.2, 0.25) is 0 Å². The van der Waals surface area contributed by atoms with Crippen LogP contribution in [0.25, 0.3) is 33.5 Å². The minimum atomic E-state index is 0.989. The van der Waals surface area contributed by atoms with E-state index in [0.29, 0.717) is 0 Å². The van der Waals surface area contributed by atoms with Gasteiger partial charge in [-0.1, -0.05) is 24.3 Å². The maximum Gasteiger partial charge on any atom is 0.0705 e. The molecule has 4 heteroatoms. The lowest BCUT2D eigenvalue weighted by atomic mass is 10.0. The van der Waals surface area contributed by atoms with Gasteiger partial charge in [-0.15, -0.1) is 0 Å². The van der Waals surface area contributed by atoms with Gasteiger partial charge < -0.3 is 4.57 Å². The molecule has 0 aliphatic carbocycles. The van der Waals surface area contributed by atoms with Crippen LogP contribution in [0, 0.1) is 6.92 Å². The molecule has 0 spiro atoms. The van der Waals surface area contributed by atoms with Gasteiger partial charge in [0, 0.05) is 55.1 Å². The molecule has 0 aliphatic heterocycles. The van der Waals surface area contributed by atoms with Gasteiger partial charge in [-0.3, -0.25) is 9.67 Å². The van der Waals surface area contributed by atoms with Crippen molar-refractivity contribution in [2.75, 3.05) is 0 Å². The van der Waals surface area contributed by atoms with Gasteiger partial charge in [0.15, 0.2) is 0 Å². The van der Waals surface area contributed by atoms with E-state index in [9.17, 15) is 0 Å². The van der Waals surface area contributed by atoms with Crippen LogP contribution in [-0.2, 0) is 14.1 Å². The molecular formula is C21H20N4. The Kier molecular flexibility index (Phi) is 3.73. The van der Waals surface area contributed by atoms with E-state index < -0.39 is 0 Å². The highest BCUT2D eigenvalue weighted by Crippen LogP contribution is 2.28. The van der Waals surface area contributed by atoms with Gasteiger partial charge in [0.25, 0.3) is 0 Å². The Morgan fingerprint density at radius 3 is 2.36 bits per heavy atom. The molecule has 0 atom stereocenters. The zero-order chi connectivity index (χ0) is 17.4. The molecule has 0 saturated heterocycles. The number of hydrogen-bond acceptors (Lipinski definition) is 2. The summed E-state index contributed by atoms with van der Waals surface area (Å²) in [5, 5.41) is 4.25. The topological polar surface area (TPSA) is 35.6 Å². The first kappa shape index (κ1) is 15.4. The third kappa shape index (κ3) is 2.98. The summed E-state index contributed by atoms with van der Waals surface area (Å²) < 4.78 is 3.87.